The SMILES string of the molecule is CCOC(=O)C(NCc1ccco1)(NC(C)=O)C(F)(F)F. The number of halogens is 3. The van der Waals surface area contributed by atoms with Crippen LogP contribution in [-0.2, 0) is 20.9 Å². The van der Waals surface area contributed by atoms with Crippen molar-refractivity contribution in [1.82, 2.24) is 10.6 Å². The second-order valence-corrected chi connectivity index (χ2v) is 4.08. The largest absolute Gasteiger partial charge is 0.468 e. The minimum atomic E-state index is -5.10. The van der Waals surface area contributed by atoms with E-state index in [-0.39, 0.29) is 12.4 Å². The Morgan fingerprint density at radius 1 is 1.38 bits per heavy atom. The van der Waals surface area contributed by atoms with Crippen molar-refractivity contribution in [2.45, 2.75) is 32.2 Å². The van der Waals surface area contributed by atoms with Crippen molar-refractivity contribution in [1.29, 1.82) is 0 Å². The van der Waals surface area contributed by atoms with Crippen LogP contribution in [0, 0.1) is 0 Å². The van der Waals surface area contributed by atoms with E-state index in [9.17, 15) is 22.8 Å². The fourth-order valence-corrected chi connectivity index (χ4v) is 1.59. The van der Waals surface area contributed by atoms with Crippen molar-refractivity contribution in [3.05, 3.63) is 24.2 Å². The Kier molecular flexibility index (Phi) is 5.36. The number of hydrogen-bond donors (Lipinski definition) is 2. The summed E-state index contributed by atoms with van der Waals surface area (Å²) in [4.78, 5) is 22.9. The van der Waals surface area contributed by atoms with Gasteiger partial charge in [0.25, 0.3) is 5.66 Å². The molecule has 118 valence electrons. The molecule has 0 saturated carbocycles. The Morgan fingerprint density at radius 3 is 2.48 bits per heavy atom. The summed E-state index contributed by atoms with van der Waals surface area (Å²) in [6, 6.07) is 2.90. The van der Waals surface area contributed by atoms with E-state index >= 15 is 0 Å². The molecule has 0 aromatic carbocycles. The maximum Gasteiger partial charge on any atom is 0.436 e. The summed E-state index contributed by atoms with van der Waals surface area (Å²) in [6.45, 7) is 1.54. The van der Waals surface area contributed by atoms with Crippen LogP contribution in [-0.4, -0.2) is 30.3 Å². The van der Waals surface area contributed by atoms with Crippen LogP contribution in [0.2, 0.25) is 0 Å². The molecule has 0 saturated heterocycles. The second kappa shape index (κ2) is 6.61. The van der Waals surface area contributed by atoms with Gasteiger partial charge in [-0.25, -0.2) is 4.79 Å². The van der Waals surface area contributed by atoms with E-state index in [0.29, 0.717) is 0 Å². The average molecular weight is 308 g/mol. The molecule has 0 fully saturated rings. The van der Waals surface area contributed by atoms with Crippen molar-refractivity contribution in [2.24, 2.45) is 0 Å². The normalized spacial score (nSPS) is 14.3. The Hall–Kier alpha value is -2.03. The van der Waals surface area contributed by atoms with Crippen LogP contribution in [0.3, 0.4) is 0 Å². The average Bonchev–Trinajstić information content (AvgIpc) is 2.85. The van der Waals surface area contributed by atoms with Gasteiger partial charge in [0.1, 0.15) is 5.76 Å². The van der Waals surface area contributed by atoms with Gasteiger partial charge in [0.2, 0.25) is 5.91 Å². The molecular weight excluding hydrogens is 293 g/mol. The maximum atomic E-state index is 13.3. The van der Waals surface area contributed by atoms with Crippen LogP contribution in [0.5, 0.6) is 0 Å². The molecule has 1 heterocycles. The Morgan fingerprint density at radius 2 is 2.05 bits per heavy atom. The number of carbonyl (C=O) groups excluding carboxylic acids is 2. The molecule has 1 aromatic rings. The third-order valence-electron chi connectivity index (χ3n) is 2.48. The van der Waals surface area contributed by atoms with Gasteiger partial charge in [-0.3, -0.25) is 10.1 Å². The fourth-order valence-electron chi connectivity index (χ4n) is 1.59. The summed E-state index contributed by atoms with van der Waals surface area (Å²) in [5, 5.41) is 3.56. The van der Waals surface area contributed by atoms with Gasteiger partial charge in [0, 0.05) is 6.92 Å². The number of nitrogens with one attached hydrogen (secondary N) is 2. The van der Waals surface area contributed by atoms with Gasteiger partial charge >= 0.3 is 12.1 Å². The van der Waals surface area contributed by atoms with Crippen molar-refractivity contribution < 1.29 is 31.9 Å². The van der Waals surface area contributed by atoms with Crippen molar-refractivity contribution in [3.8, 4) is 0 Å². The first-order valence-corrected chi connectivity index (χ1v) is 6.03. The van der Waals surface area contributed by atoms with Gasteiger partial charge < -0.3 is 14.5 Å². The standard InChI is InChI=1S/C12H15F3N2O4/c1-3-20-10(19)11(12(13,14)15,17-8(2)18)16-7-9-5-4-6-21-9/h4-6,16H,3,7H2,1-2H3,(H,17,18). The molecule has 21 heavy (non-hydrogen) atoms. The number of carbonyl (C=O) groups is 2. The van der Waals surface area contributed by atoms with Crippen LogP contribution >= 0.6 is 0 Å². The maximum absolute atomic E-state index is 13.3. The number of furan rings is 1. The van der Waals surface area contributed by atoms with Crippen LogP contribution < -0.4 is 10.6 Å². The molecule has 0 aliphatic heterocycles. The Bertz CT molecular complexity index is 487. The van der Waals surface area contributed by atoms with E-state index in [1.807, 2.05) is 5.32 Å². The van der Waals surface area contributed by atoms with Crippen LogP contribution in [0.15, 0.2) is 22.8 Å². The van der Waals surface area contributed by atoms with Crippen molar-refractivity contribution in [3.63, 3.8) is 0 Å². The van der Waals surface area contributed by atoms with Gasteiger partial charge in [-0.1, -0.05) is 0 Å². The highest BCUT2D eigenvalue weighted by molar-refractivity contribution is 5.87. The molecule has 0 aliphatic carbocycles. The summed E-state index contributed by atoms with van der Waals surface area (Å²) in [5.74, 6) is -2.51. The lowest BCUT2D eigenvalue weighted by Crippen LogP contribution is -2.72. The van der Waals surface area contributed by atoms with E-state index < -0.39 is 30.3 Å². The molecule has 2 N–H and O–H groups in total. The molecule has 0 aliphatic rings. The van der Waals surface area contributed by atoms with Crippen LogP contribution in [0.25, 0.3) is 0 Å². The minimum Gasteiger partial charge on any atom is -0.468 e. The summed E-state index contributed by atoms with van der Waals surface area (Å²) in [5.41, 5.74) is -3.33. The first kappa shape index (κ1) is 17.0. The molecule has 1 unspecified atom stereocenters. The highest BCUT2D eigenvalue weighted by Gasteiger charge is 2.62. The quantitative estimate of drug-likeness (QED) is 0.612. The third-order valence-corrected chi connectivity index (χ3v) is 2.48. The first-order chi connectivity index (χ1) is 9.73. The minimum absolute atomic E-state index is 0.165. The van der Waals surface area contributed by atoms with Crippen LogP contribution in [0.4, 0.5) is 13.2 Å². The summed E-state index contributed by atoms with van der Waals surface area (Å²) < 4.78 is 49.3. The predicted molar refractivity (Wildman–Crippen MR) is 64.8 cm³/mol. The number of ether oxygens (including phenoxy) is 1. The number of rotatable bonds is 6. The fraction of sp³-hybridized carbons (Fsp3) is 0.500. The highest BCUT2D eigenvalue weighted by atomic mass is 19.4. The number of hydrogen-bond acceptors (Lipinski definition) is 5. The van der Waals surface area contributed by atoms with E-state index in [4.69, 9.17) is 4.42 Å². The molecule has 1 atom stereocenters. The summed E-state index contributed by atoms with van der Waals surface area (Å²) in [6.07, 6.45) is -3.83. The third kappa shape index (κ3) is 3.97. The van der Waals surface area contributed by atoms with E-state index in [1.165, 1.54) is 25.3 Å². The predicted octanol–water partition coefficient (Wildman–Crippen LogP) is 1.33. The van der Waals surface area contributed by atoms with E-state index in [1.54, 1.807) is 5.32 Å². The highest BCUT2D eigenvalue weighted by Crippen LogP contribution is 2.30. The molecule has 1 amide bonds. The molecule has 1 rings (SSSR count). The monoisotopic (exact) mass is 308 g/mol. The zero-order valence-electron chi connectivity index (χ0n) is 11.4. The van der Waals surface area contributed by atoms with Crippen molar-refractivity contribution in [2.75, 3.05) is 6.61 Å². The molecular formula is C12H15F3N2O4. The lowest BCUT2D eigenvalue weighted by molar-refractivity contribution is -0.222. The zero-order valence-corrected chi connectivity index (χ0v) is 11.4. The smallest absolute Gasteiger partial charge is 0.436 e. The van der Waals surface area contributed by atoms with Gasteiger partial charge in [0.05, 0.1) is 19.4 Å². The number of alkyl halides is 3. The summed E-state index contributed by atoms with van der Waals surface area (Å²) in [7, 11) is 0. The van der Waals surface area contributed by atoms with E-state index in [0.717, 1.165) is 6.92 Å². The topological polar surface area (TPSA) is 80.6 Å². The number of esters is 1. The molecule has 0 radical (unpaired) electrons. The van der Waals surface area contributed by atoms with Gasteiger partial charge in [-0.2, -0.15) is 13.2 Å². The van der Waals surface area contributed by atoms with Gasteiger partial charge in [-0.15, -0.1) is 0 Å². The first-order valence-electron chi connectivity index (χ1n) is 6.03. The Balaban J connectivity index is 3.09. The van der Waals surface area contributed by atoms with Crippen molar-refractivity contribution >= 4 is 11.9 Å². The second-order valence-electron chi connectivity index (χ2n) is 4.08. The van der Waals surface area contributed by atoms with Gasteiger partial charge in [0.15, 0.2) is 0 Å². The van der Waals surface area contributed by atoms with E-state index in [2.05, 4.69) is 4.74 Å². The molecule has 0 spiro atoms. The van der Waals surface area contributed by atoms with Gasteiger partial charge in [-0.05, 0) is 19.1 Å². The zero-order chi connectivity index (χ0) is 16.1. The lowest BCUT2D eigenvalue weighted by Gasteiger charge is -2.34. The molecule has 9 heteroatoms. The molecule has 0 bridgehead atoms. The van der Waals surface area contributed by atoms with Crippen LogP contribution in [0.1, 0.15) is 19.6 Å². The molecule has 1 aromatic heterocycles. The lowest BCUT2D eigenvalue weighted by atomic mass is 10.1. The number of amides is 1. The summed E-state index contributed by atoms with van der Waals surface area (Å²) >= 11 is 0. The molecule has 6 nitrogen and oxygen atoms in total. The Labute approximate surface area is 118 Å².